The van der Waals surface area contributed by atoms with Crippen molar-refractivity contribution in [2.75, 3.05) is 19.8 Å². The lowest BCUT2D eigenvalue weighted by Gasteiger charge is -2.31. The zero-order valence-corrected chi connectivity index (χ0v) is 22.9. The van der Waals surface area contributed by atoms with Crippen LogP contribution in [0, 0.1) is 28.6 Å². The van der Waals surface area contributed by atoms with Crippen molar-refractivity contribution in [1.29, 1.82) is 10.7 Å². The summed E-state index contributed by atoms with van der Waals surface area (Å²) in [6.07, 6.45) is 0.457. The number of carbonyl (C=O) groups is 4. The largest absolute Gasteiger partial charge is 0.370 e. The number of rotatable bonds is 12. The van der Waals surface area contributed by atoms with Crippen LogP contribution in [0.25, 0.3) is 0 Å². The van der Waals surface area contributed by atoms with E-state index in [0.717, 1.165) is 4.47 Å². The van der Waals surface area contributed by atoms with Gasteiger partial charge in [-0.1, -0.05) is 29.8 Å². The number of likely N-dealkylation sites (tertiary alicyclic amines) is 1. The lowest BCUT2D eigenvalue weighted by atomic mass is 10.0. The van der Waals surface area contributed by atoms with Gasteiger partial charge in [-0.2, -0.15) is 5.26 Å². The number of halogens is 2. The van der Waals surface area contributed by atoms with Gasteiger partial charge in [-0.15, -0.1) is 0 Å². The SMILES string of the molecule is CC(C)C(NC(=O)c1ccc(Br)cc1)C(=O)N1C[C@H](C#N)C[C@H]1C(=O)NC(CCCNC(=N)N)C(=O)CF. The van der Waals surface area contributed by atoms with Crippen LogP contribution in [-0.2, 0) is 14.4 Å². The van der Waals surface area contributed by atoms with Gasteiger partial charge in [0, 0.05) is 23.1 Å². The molecule has 0 aliphatic carbocycles. The standard InChI is InChI=1S/C25H33BrFN7O4/c1-14(2)21(33-22(36)16-5-7-17(26)8-6-16)24(38)34-13-15(12-28)10-19(34)23(37)32-18(20(35)11-27)4-3-9-31-25(29)30/h5-8,14-15,18-19,21H,3-4,9-11,13H2,1-2H3,(H,32,37)(H,33,36)(H4,29,30,31)/t15-,18?,19-,21?/m0/s1. The minimum Gasteiger partial charge on any atom is -0.370 e. The molecule has 0 saturated carbocycles. The molecule has 11 nitrogen and oxygen atoms in total. The van der Waals surface area contributed by atoms with Crippen molar-refractivity contribution < 1.29 is 23.6 Å². The average Bonchev–Trinajstić information content (AvgIpc) is 3.33. The van der Waals surface area contributed by atoms with E-state index in [0.29, 0.717) is 12.0 Å². The molecule has 2 rings (SSSR count). The number of hydrogen-bond donors (Lipinski definition) is 5. The summed E-state index contributed by atoms with van der Waals surface area (Å²) in [5.41, 5.74) is 5.58. The molecule has 1 fully saturated rings. The molecule has 1 saturated heterocycles. The Morgan fingerprint density at radius 3 is 2.45 bits per heavy atom. The fourth-order valence-corrected chi connectivity index (χ4v) is 4.41. The number of amides is 3. The van der Waals surface area contributed by atoms with Gasteiger partial charge in [0.15, 0.2) is 11.7 Å². The highest BCUT2D eigenvalue weighted by atomic mass is 79.9. The van der Waals surface area contributed by atoms with E-state index in [1.165, 1.54) is 4.90 Å². The van der Waals surface area contributed by atoms with Gasteiger partial charge >= 0.3 is 0 Å². The summed E-state index contributed by atoms with van der Waals surface area (Å²) >= 11 is 3.31. The van der Waals surface area contributed by atoms with Gasteiger partial charge in [-0.3, -0.25) is 24.6 Å². The number of nitrogens with zero attached hydrogens (tertiary/aromatic N) is 2. The van der Waals surface area contributed by atoms with E-state index in [4.69, 9.17) is 11.1 Å². The Labute approximate surface area is 229 Å². The van der Waals surface area contributed by atoms with Gasteiger partial charge in [0.1, 0.15) is 18.8 Å². The predicted molar refractivity (Wildman–Crippen MR) is 142 cm³/mol. The molecular weight excluding hydrogens is 561 g/mol. The number of carbonyl (C=O) groups excluding carboxylic acids is 4. The molecule has 13 heteroatoms. The lowest BCUT2D eigenvalue weighted by molar-refractivity contribution is -0.141. The molecule has 1 heterocycles. The van der Waals surface area contributed by atoms with E-state index >= 15 is 0 Å². The molecule has 3 amide bonds. The highest BCUT2D eigenvalue weighted by Gasteiger charge is 2.43. The van der Waals surface area contributed by atoms with Crippen molar-refractivity contribution >= 4 is 45.4 Å². The summed E-state index contributed by atoms with van der Waals surface area (Å²) in [5, 5.41) is 24.5. The maximum atomic E-state index is 13.6. The Morgan fingerprint density at radius 2 is 1.89 bits per heavy atom. The lowest BCUT2D eigenvalue weighted by Crippen LogP contribution is -2.56. The fourth-order valence-electron chi connectivity index (χ4n) is 4.14. The molecule has 0 bridgehead atoms. The highest BCUT2D eigenvalue weighted by molar-refractivity contribution is 9.10. The normalized spacial score (nSPS) is 18.3. The van der Waals surface area contributed by atoms with Crippen LogP contribution in [0.15, 0.2) is 28.7 Å². The monoisotopic (exact) mass is 593 g/mol. The van der Waals surface area contributed by atoms with Gasteiger partial charge < -0.3 is 26.6 Å². The van der Waals surface area contributed by atoms with Crippen LogP contribution in [0.5, 0.6) is 0 Å². The van der Waals surface area contributed by atoms with Gasteiger partial charge in [0.25, 0.3) is 5.91 Å². The van der Waals surface area contributed by atoms with Gasteiger partial charge in [0.05, 0.1) is 18.0 Å². The second-order valence-corrected chi connectivity index (χ2v) is 10.3. The summed E-state index contributed by atoms with van der Waals surface area (Å²) < 4.78 is 14.0. The molecule has 6 N–H and O–H groups in total. The number of guanidine groups is 1. The van der Waals surface area contributed by atoms with Crippen LogP contribution in [0.3, 0.4) is 0 Å². The van der Waals surface area contributed by atoms with E-state index in [1.807, 2.05) is 0 Å². The van der Waals surface area contributed by atoms with E-state index in [1.54, 1.807) is 38.1 Å². The van der Waals surface area contributed by atoms with Crippen molar-refractivity contribution in [3.05, 3.63) is 34.3 Å². The van der Waals surface area contributed by atoms with E-state index in [2.05, 4.69) is 37.9 Å². The minimum atomic E-state index is -1.28. The molecule has 0 aromatic heterocycles. The van der Waals surface area contributed by atoms with Crippen molar-refractivity contribution in [3.8, 4) is 6.07 Å². The Balaban J connectivity index is 2.18. The molecule has 0 radical (unpaired) electrons. The first-order chi connectivity index (χ1) is 18.0. The first-order valence-corrected chi connectivity index (χ1v) is 13.0. The van der Waals surface area contributed by atoms with Crippen LogP contribution in [0.1, 0.15) is 43.5 Å². The number of ketones is 1. The molecule has 2 unspecified atom stereocenters. The molecule has 4 atom stereocenters. The van der Waals surface area contributed by atoms with Crippen molar-refractivity contribution in [3.63, 3.8) is 0 Å². The Hall–Kier alpha value is -3.53. The van der Waals surface area contributed by atoms with Gasteiger partial charge in [-0.25, -0.2) is 4.39 Å². The summed E-state index contributed by atoms with van der Waals surface area (Å²) in [7, 11) is 0. The molecule has 206 valence electrons. The maximum absolute atomic E-state index is 13.6. The topological polar surface area (TPSA) is 181 Å². The Morgan fingerprint density at radius 1 is 1.24 bits per heavy atom. The predicted octanol–water partition coefficient (Wildman–Crippen LogP) is 1.23. The number of benzene rings is 1. The Bertz CT molecular complexity index is 1080. The third-order valence-corrected chi connectivity index (χ3v) is 6.75. The number of nitrogens with two attached hydrogens (primary N) is 1. The molecule has 0 spiro atoms. The van der Waals surface area contributed by atoms with Crippen molar-refractivity contribution in [2.24, 2.45) is 17.6 Å². The van der Waals surface area contributed by atoms with Crippen molar-refractivity contribution in [1.82, 2.24) is 20.9 Å². The molecular formula is C25H33BrFN7O4. The second kappa shape index (κ2) is 14.4. The summed E-state index contributed by atoms with van der Waals surface area (Å²) in [6.45, 7) is 2.45. The average molecular weight is 594 g/mol. The van der Waals surface area contributed by atoms with Crippen LogP contribution in [-0.4, -0.2) is 72.3 Å². The van der Waals surface area contributed by atoms with Gasteiger partial charge in [0.2, 0.25) is 11.8 Å². The molecule has 1 aliphatic heterocycles. The number of alkyl halides is 1. The Kier molecular flexibility index (Phi) is 11.6. The van der Waals surface area contributed by atoms with Crippen molar-refractivity contribution in [2.45, 2.75) is 51.2 Å². The zero-order valence-electron chi connectivity index (χ0n) is 21.3. The van der Waals surface area contributed by atoms with E-state index in [9.17, 15) is 28.8 Å². The summed E-state index contributed by atoms with van der Waals surface area (Å²) in [5.74, 6) is -3.70. The quantitative estimate of drug-likeness (QED) is 0.137. The van der Waals surface area contributed by atoms with Crippen LogP contribution >= 0.6 is 15.9 Å². The molecule has 1 aromatic carbocycles. The first-order valence-electron chi connectivity index (χ1n) is 12.2. The number of hydrogen-bond acceptors (Lipinski definition) is 6. The van der Waals surface area contributed by atoms with E-state index in [-0.39, 0.29) is 37.8 Å². The molecule has 1 aromatic rings. The second-order valence-electron chi connectivity index (χ2n) is 9.41. The zero-order chi connectivity index (χ0) is 28.4. The number of Topliss-reactive ketones (excluding diaryl/α,β-unsaturated/α-hetero) is 1. The first kappa shape index (κ1) is 30.7. The van der Waals surface area contributed by atoms with Crippen LogP contribution < -0.4 is 21.7 Å². The third-order valence-electron chi connectivity index (χ3n) is 6.22. The smallest absolute Gasteiger partial charge is 0.251 e. The fraction of sp³-hybridized carbons (Fsp3) is 0.520. The molecule has 38 heavy (non-hydrogen) atoms. The summed E-state index contributed by atoms with van der Waals surface area (Å²) in [6, 6.07) is 5.51. The summed E-state index contributed by atoms with van der Waals surface area (Å²) in [4.78, 5) is 53.0. The number of nitrogens with one attached hydrogen (secondary N) is 4. The minimum absolute atomic E-state index is 0.0188. The molecule has 1 aliphatic rings. The maximum Gasteiger partial charge on any atom is 0.251 e. The highest BCUT2D eigenvalue weighted by Crippen LogP contribution is 2.25. The third kappa shape index (κ3) is 8.51. The van der Waals surface area contributed by atoms with Gasteiger partial charge in [-0.05, 0) is 49.4 Å². The van der Waals surface area contributed by atoms with Crippen LogP contribution in [0.4, 0.5) is 4.39 Å². The van der Waals surface area contributed by atoms with E-state index < -0.39 is 54.2 Å². The number of nitriles is 1. The van der Waals surface area contributed by atoms with Crippen LogP contribution in [0.2, 0.25) is 0 Å².